The number of hydrogen-bond acceptors (Lipinski definition) is 3. The highest BCUT2D eigenvalue weighted by molar-refractivity contribution is 6.30. The lowest BCUT2D eigenvalue weighted by Crippen LogP contribution is -2.22. The van der Waals surface area contributed by atoms with Gasteiger partial charge in [0, 0.05) is 18.6 Å². The molecule has 3 nitrogen and oxygen atoms in total. The van der Waals surface area contributed by atoms with Crippen molar-refractivity contribution in [3.63, 3.8) is 0 Å². The lowest BCUT2D eigenvalue weighted by molar-refractivity contribution is -0.140. The second kappa shape index (κ2) is 5.70. The van der Waals surface area contributed by atoms with Crippen LogP contribution in [0.25, 0.3) is 0 Å². The minimum Gasteiger partial charge on any atom is -0.469 e. The van der Waals surface area contributed by atoms with Crippen LogP contribution in [0, 0.1) is 5.82 Å². The van der Waals surface area contributed by atoms with E-state index in [1.54, 1.807) is 11.9 Å². The molecule has 0 fully saturated rings. The van der Waals surface area contributed by atoms with E-state index in [9.17, 15) is 9.18 Å². The Bertz CT molecular complexity index is 384. The first-order chi connectivity index (χ1) is 7.54. The number of carbonyl (C=O) groups is 1. The average molecular weight is 246 g/mol. The lowest BCUT2D eigenvalue weighted by atomic mass is 10.2. The molecule has 0 aliphatic rings. The van der Waals surface area contributed by atoms with Gasteiger partial charge in [-0.1, -0.05) is 11.6 Å². The fourth-order valence-corrected chi connectivity index (χ4v) is 1.43. The number of benzene rings is 1. The number of anilines is 1. The van der Waals surface area contributed by atoms with Crippen LogP contribution in [-0.4, -0.2) is 26.7 Å². The van der Waals surface area contributed by atoms with E-state index in [1.807, 2.05) is 0 Å². The average Bonchev–Trinajstić information content (AvgIpc) is 2.28. The molecular formula is C11H13ClFNO2. The summed E-state index contributed by atoms with van der Waals surface area (Å²) in [6.07, 6.45) is 0.207. The van der Waals surface area contributed by atoms with E-state index in [0.29, 0.717) is 17.3 Å². The van der Waals surface area contributed by atoms with Crippen molar-refractivity contribution in [2.24, 2.45) is 0 Å². The van der Waals surface area contributed by atoms with E-state index in [1.165, 1.54) is 25.3 Å². The highest BCUT2D eigenvalue weighted by atomic mass is 35.5. The van der Waals surface area contributed by atoms with Gasteiger partial charge < -0.3 is 9.64 Å². The molecule has 0 saturated carbocycles. The van der Waals surface area contributed by atoms with Crippen LogP contribution in [0.2, 0.25) is 5.02 Å². The van der Waals surface area contributed by atoms with Crippen LogP contribution in [0.5, 0.6) is 0 Å². The van der Waals surface area contributed by atoms with Crippen molar-refractivity contribution in [3.8, 4) is 0 Å². The van der Waals surface area contributed by atoms with Gasteiger partial charge in [0.05, 0.1) is 19.2 Å². The van der Waals surface area contributed by atoms with E-state index in [0.717, 1.165) is 0 Å². The van der Waals surface area contributed by atoms with Crippen LogP contribution in [0.15, 0.2) is 18.2 Å². The second-order valence-corrected chi connectivity index (χ2v) is 3.78. The number of methoxy groups -OCH3 is 1. The molecule has 0 N–H and O–H groups in total. The molecule has 0 radical (unpaired) electrons. The Balaban J connectivity index is 2.68. The molecule has 0 spiro atoms. The number of esters is 1. The Morgan fingerprint density at radius 2 is 2.25 bits per heavy atom. The van der Waals surface area contributed by atoms with Gasteiger partial charge in [0.15, 0.2) is 0 Å². The summed E-state index contributed by atoms with van der Waals surface area (Å²) in [7, 11) is 3.01. The number of nitrogens with zero attached hydrogens (tertiary/aromatic N) is 1. The van der Waals surface area contributed by atoms with Crippen LogP contribution in [0.4, 0.5) is 10.1 Å². The largest absolute Gasteiger partial charge is 0.469 e. The summed E-state index contributed by atoms with van der Waals surface area (Å²) in [5.74, 6) is -0.689. The molecule has 0 heterocycles. The van der Waals surface area contributed by atoms with Crippen LogP contribution in [-0.2, 0) is 9.53 Å². The maximum absolute atomic E-state index is 13.4. The van der Waals surface area contributed by atoms with E-state index in [-0.39, 0.29) is 18.2 Å². The van der Waals surface area contributed by atoms with Crippen LogP contribution in [0.3, 0.4) is 0 Å². The van der Waals surface area contributed by atoms with Crippen molar-refractivity contribution in [3.05, 3.63) is 29.0 Å². The van der Waals surface area contributed by atoms with E-state index >= 15 is 0 Å². The van der Waals surface area contributed by atoms with E-state index in [2.05, 4.69) is 4.74 Å². The maximum atomic E-state index is 13.4. The molecule has 5 heteroatoms. The van der Waals surface area contributed by atoms with Crippen molar-refractivity contribution in [2.45, 2.75) is 6.42 Å². The Kier molecular flexibility index (Phi) is 4.55. The summed E-state index contributed by atoms with van der Waals surface area (Å²) < 4.78 is 17.9. The molecule has 0 saturated heterocycles. The van der Waals surface area contributed by atoms with Crippen LogP contribution >= 0.6 is 11.6 Å². The third-order valence-corrected chi connectivity index (χ3v) is 2.43. The summed E-state index contributed by atoms with van der Waals surface area (Å²) in [6.45, 7) is 0.379. The molecule has 1 aromatic rings. The standard InChI is InChI=1S/C11H13ClFNO2/c1-14(6-5-11(15)16-2)10-7-8(12)3-4-9(10)13/h3-4,7H,5-6H2,1-2H3. The molecule has 0 unspecified atom stereocenters. The van der Waals surface area contributed by atoms with Crippen molar-refractivity contribution >= 4 is 23.3 Å². The molecule has 0 aromatic heterocycles. The van der Waals surface area contributed by atoms with Gasteiger partial charge >= 0.3 is 5.97 Å². The summed E-state index contributed by atoms with van der Waals surface area (Å²) in [4.78, 5) is 12.6. The van der Waals surface area contributed by atoms with Crippen molar-refractivity contribution < 1.29 is 13.9 Å². The monoisotopic (exact) mass is 245 g/mol. The molecule has 0 bridgehead atoms. The minimum absolute atomic E-state index is 0.207. The molecule has 0 aliphatic carbocycles. The predicted molar refractivity (Wildman–Crippen MR) is 61.3 cm³/mol. The minimum atomic E-state index is -0.364. The first kappa shape index (κ1) is 12.8. The van der Waals surface area contributed by atoms with Crippen molar-refractivity contribution in [2.75, 3.05) is 25.6 Å². The van der Waals surface area contributed by atoms with Gasteiger partial charge in [-0.25, -0.2) is 4.39 Å². The zero-order valence-corrected chi connectivity index (χ0v) is 9.92. The van der Waals surface area contributed by atoms with Crippen LogP contribution in [0.1, 0.15) is 6.42 Å². The number of hydrogen-bond donors (Lipinski definition) is 0. The zero-order chi connectivity index (χ0) is 12.1. The Labute approximate surface area is 98.8 Å². The highest BCUT2D eigenvalue weighted by Gasteiger charge is 2.10. The fourth-order valence-electron chi connectivity index (χ4n) is 1.26. The van der Waals surface area contributed by atoms with Crippen LogP contribution < -0.4 is 4.90 Å². The quantitative estimate of drug-likeness (QED) is 0.764. The summed E-state index contributed by atoms with van der Waals surface area (Å²) in [5.41, 5.74) is 0.372. The third kappa shape index (κ3) is 3.38. The van der Waals surface area contributed by atoms with Gasteiger partial charge in [-0.3, -0.25) is 4.79 Å². The maximum Gasteiger partial charge on any atom is 0.307 e. The highest BCUT2D eigenvalue weighted by Crippen LogP contribution is 2.22. The molecule has 0 amide bonds. The molecule has 1 aromatic carbocycles. The first-order valence-corrected chi connectivity index (χ1v) is 5.15. The van der Waals surface area contributed by atoms with Gasteiger partial charge in [0.25, 0.3) is 0 Å². The Morgan fingerprint density at radius 1 is 1.56 bits per heavy atom. The topological polar surface area (TPSA) is 29.5 Å². The molecule has 1 rings (SSSR count). The second-order valence-electron chi connectivity index (χ2n) is 3.34. The number of carbonyl (C=O) groups excluding carboxylic acids is 1. The molecular weight excluding hydrogens is 233 g/mol. The van der Waals surface area contributed by atoms with Crippen molar-refractivity contribution in [1.82, 2.24) is 0 Å². The zero-order valence-electron chi connectivity index (χ0n) is 9.17. The predicted octanol–water partition coefficient (Wildman–Crippen LogP) is 2.48. The third-order valence-electron chi connectivity index (χ3n) is 2.20. The SMILES string of the molecule is COC(=O)CCN(C)c1cc(Cl)ccc1F. The van der Waals surface area contributed by atoms with E-state index < -0.39 is 0 Å². The normalized spacial score (nSPS) is 10.0. The molecule has 16 heavy (non-hydrogen) atoms. The van der Waals surface area contributed by atoms with Gasteiger partial charge in [0.1, 0.15) is 5.82 Å². The molecule has 0 atom stereocenters. The van der Waals surface area contributed by atoms with Gasteiger partial charge in [-0.05, 0) is 18.2 Å². The summed E-state index contributed by atoms with van der Waals surface area (Å²) >= 11 is 5.77. The summed E-state index contributed by atoms with van der Waals surface area (Å²) in [5, 5.41) is 0.460. The molecule has 0 aliphatic heterocycles. The van der Waals surface area contributed by atoms with Crippen molar-refractivity contribution in [1.29, 1.82) is 0 Å². The summed E-state index contributed by atoms with van der Waals surface area (Å²) in [6, 6.07) is 4.30. The Morgan fingerprint density at radius 3 is 2.88 bits per heavy atom. The first-order valence-electron chi connectivity index (χ1n) is 4.77. The number of rotatable bonds is 4. The van der Waals surface area contributed by atoms with E-state index in [4.69, 9.17) is 11.6 Å². The lowest BCUT2D eigenvalue weighted by Gasteiger charge is -2.19. The number of ether oxygens (including phenoxy) is 1. The number of halogens is 2. The molecule has 88 valence electrons. The van der Waals surface area contributed by atoms with Gasteiger partial charge in [0.2, 0.25) is 0 Å². The van der Waals surface area contributed by atoms with Gasteiger partial charge in [-0.2, -0.15) is 0 Å². The van der Waals surface area contributed by atoms with Gasteiger partial charge in [-0.15, -0.1) is 0 Å². The smallest absolute Gasteiger partial charge is 0.307 e. The fraction of sp³-hybridized carbons (Fsp3) is 0.364. The Hall–Kier alpha value is -1.29.